The highest BCUT2D eigenvalue weighted by Crippen LogP contribution is 2.28. The molecule has 0 saturated carbocycles. The lowest BCUT2D eigenvalue weighted by atomic mass is 10.1. The number of aromatic nitrogens is 2. The van der Waals surface area contributed by atoms with Gasteiger partial charge in [-0.05, 0) is 56.8 Å². The molecule has 1 saturated heterocycles. The van der Waals surface area contributed by atoms with Gasteiger partial charge in [0.25, 0.3) is 5.91 Å². The molecule has 146 valence electrons. The Balaban J connectivity index is 1.79. The standard InChI is InChI=1S/C22H25N3O2S/c1-14-7-8-19(15(2)10-14)25-20(11-18(23-25)21-6-5-9-28-21)22(26)24-12-16(3)27-17(4)13-24/h5-11,16-17H,12-13H2,1-4H3. The lowest BCUT2D eigenvalue weighted by Crippen LogP contribution is -2.48. The van der Waals surface area contributed by atoms with Gasteiger partial charge in [-0.3, -0.25) is 4.79 Å². The van der Waals surface area contributed by atoms with Crippen molar-refractivity contribution in [2.75, 3.05) is 13.1 Å². The van der Waals surface area contributed by atoms with Crippen LogP contribution in [0.2, 0.25) is 0 Å². The molecular weight excluding hydrogens is 370 g/mol. The number of morpholine rings is 1. The van der Waals surface area contributed by atoms with E-state index in [1.807, 2.05) is 48.4 Å². The van der Waals surface area contributed by atoms with Gasteiger partial charge < -0.3 is 9.64 Å². The molecule has 1 fully saturated rings. The Bertz CT molecular complexity index is 983. The molecule has 0 spiro atoms. The summed E-state index contributed by atoms with van der Waals surface area (Å²) in [7, 11) is 0. The first-order valence-corrected chi connectivity index (χ1v) is 10.5. The van der Waals surface area contributed by atoms with Crippen LogP contribution in [0.5, 0.6) is 0 Å². The Kier molecular flexibility index (Phi) is 5.08. The van der Waals surface area contributed by atoms with Crippen LogP contribution in [0.1, 0.15) is 35.5 Å². The normalized spacial score (nSPS) is 19.8. The minimum Gasteiger partial charge on any atom is -0.372 e. The molecule has 1 aliphatic heterocycles. The summed E-state index contributed by atoms with van der Waals surface area (Å²) in [6, 6.07) is 12.2. The third kappa shape index (κ3) is 3.62. The van der Waals surface area contributed by atoms with Gasteiger partial charge in [0.1, 0.15) is 11.4 Å². The summed E-state index contributed by atoms with van der Waals surface area (Å²) in [6.45, 7) is 9.33. The van der Waals surface area contributed by atoms with E-state index in [4.69, 9.17) is 9.84 Å². The molecule has 28 heavy (non-hydrogen) atoms. The van der Waals surface area contributed by atoms with Gasteiger partial charge in [-0.1, -0.05) is 23.8 Å². The van der Waals surface area contributed by atoms with E-state index < -0.39 is 0 Å². The number of amides is 1. The van der Waals surface area contributed by atoms with Gasteiger partial charge in [0.2, 0.25) is 0 Å². The van der Waals surface area contributed by atoms with Crippen molar-refractivity contribution in [3.63, 3.8) is 0 Å². The van der Waals surface area contributed by atoms with Crippen molar-refractivity contribution in [2.24, 2.45) is 0 Å². The highest BCUT2D eigenvalue weighted by atomic mass is 32.1. The average molecular weight is 396 g/mol. The fourth-order valence-electron chi connectivity index (χ4n) is 3.81. The molecule has 5 nitrogen and oxygen atoms in total. The van der Waals surface area contributed by atoms with E-state index in [9.17, 15) is 4.79 Å². The number of benzene rings is 1. The quantitative estimate of drug-likeness (QED) is 0.657. The second-order valence-corrected chi connectivity index (χ2v) is 8.51. The molecule has 3 heterocycles. The Morgan fingerprint density at radius 3 is 2.54 bits per heavy atom. The van der Waals surface area contributed by atoms with E-state index >= 15 is 0 Å². The van der Waals surface area contributed by atoms with E-state index in [0.717, 1.165) is 21.8 Å². The first-order chi connectivity index (χ1) is 13.4. The molecule has 2 atom stereocenters. The molecule has 0 N–H and O–H groups in total. The lowest BCUT2D eigenvalue weighted by molar-refractivity contribution is -0.0588. The fraction of sp³-hybridized carbons (Fsp3) is 0.364. The maximum atomic E-state index is 13.5. The molecule has 2 unspecified atom stereocenters. The van der Waals surface area contributed by atoms with Crippen LogP contribution in [0, 0.1) is 13.8 Å². The van der Waals surface area contributed by atoms with E-state index in [0.29, 0.717) is 18.8 Å². The van der Waals surface area contributed by atoms with Crippen molar-refractivity contribution >= 4 is 17.2 Å². The molecule has 6 heteroatoms. The Morgan fingerprint density at radius 2 is 1.89 bits per heavy atom. The van der Waals surface area contributed by atoms with Gasteiger partial charge in [-0.25, -0.2) is 4.68 Å². The summed E-state index contributed by atoms with van der Waals surface area (Å²) in [5, 5.41) is 6.84. The largest absolute Gasteiger partial charge is 0.372 e. The molecule has 1 aromatic carbocycles. The summed E-state index contributed by atoms with van der Waals surface area (Å²) in [5.74, 6) is -0.00252. The highest BCUT2D eigenvalue weighted by Gasteiger charge is 2.29. The Labute approximate surface area is 169 Å². The van der Waals surface area contributed by atoms with Gasteiger partial charge >= 0.3 is 0 Å². The van der Waals surface area contributed by atoms with Crippen LogP contribution in [-0.2, 0) is 4.74 Å². The number of rotatable bonds is 3. The van der Waals surface area contributed by atoms with E-state index in [-0.39, 0.29) is 18.1 Å². The maximum absolute atomic E-state index is 13.5. The molecule has 0 bridgehead atoms. The van der Waals surface area contributed by atoms with Crippen LogP contribution >= 0.6 is 11.3 Å². The number of nitrogens with zero attached hydrogens (tertiary/aromatic N) is 3. The highest BCUT2D eigenvalue weighted by molar-refractivity contribution is 7.13. The van der Waals surface area contributed by atoms with Crippen molar-refractivity contribution in [1.29, 1.82) is 0 Å². The Hall–Kier alpha value is -2.44. The Morgan fingerprint density at radius 1 is 1.14 bits per heavy atom. The lowest BCUT2D eigenvalue weighted by Gasteiger charge is -2.35. The van der Waals surface area contributed by atoms with E-state index in [1.54, 1.807) is 16.0 Å². The van der Waals surface area contributed by atoms with Crippen molar-refractivity contribution in [2.45, 2.75) is 39.9 Å². The van der Waals surface area contributed by atoms with Gasteiger partial charge in [0.05, 0.1) is 22.8 Å². The number of carbonyl (C=O) groups excluding carboxylic acids is 1. The molecule has 1 amide bonds. The molecule has 0 aliphatic carbocycles. The second kappa shape index (κ2) is 7.53. The number of carbonyl (C=O) groups is 1. The molecule has 1 aliphatic rings. The predicted octanol–water partition coefficient (Wildman–Crippen LogP) is 4.47. The van der Waals surface area contributed by atoms with Crippen molar-refractivity contribution < 1.29 is 9.53 Å². The minimum atomic E-state index is -0.00252. The summed E-state index contributed by atoms with van der Waals surface area (Å²) in [4.78, 5) is 16.4. The zero-order valence-electron chi connectivity index (χ0n) is 16.7. The number of hydrogen-bond donors (Lipinski definition) is 0. The van der Waals surface area contributed by atoms with Gasteiger partial charge in [-0.2, -0.15) is 5.10 Å². The topological polar surface area (TPSA) is 47.4 Å². The van der Waals surface area contributed by atoms with E-state index in [2.05, 4.69) is 26.0 Å². The molecule has 4 rings (SSSR count). The maximum Gasteiger partial charge on any atom is 0.272 e. The predicted molar refractivity (Wildman–Crippen MR) is 112 cm³/mol. The van der Waals surface area contributed by atoms with Crippen LogP contribution in [-0.4, -0.2) is 45.9 Å². The third-order valence-corrected chi connectivity index (χ3v) is 5.88. The van der Waals surface area contributed by atoms with Crippen LogP contribution in [0.4, 0.5) is 0 Å². The molecule has 3 aromatic rings. The zero-order valence-corrected chi connectivity index (χ0v) is 17.5. The fourth-order valence-corrected chi connectivity index (χ4v) is 4.49. The first-order valence-electron chi connectivity index (χ1n) is 9.58. The zero-order chi connectivity index (χ0) is 19.8. The smallest absolute Gasteiger partial charge is 0.272 e. The third-order valence-electron chi connectivity index (χ3n) is 4.99. The summed E-state index contributed by atoms with van der Waals surface area (Å²) >= 11 is 1.63. The number of thiophene rings is 1. The van der Waals surface area contributed by atoms with Crippen LogP contribution in [0.3, 0.4) is 0 Å². The van der Waals surface area contributed by atoms with Crippen molar-refractivity contribution in [1.82, 2.24) is 14.7 Å². The monoisotopic (exact) mass is 395 g/mol. The van der Waals surface area contributed by atoms with Crippen LogP contribution < -0.4 is 0 Å². The summed E-state index contributed by atoms with van der Waals surface area (Å²) in [5.41, 5.74) is 4.64. The molecular formula is C22H25N3O2S. The first kappa shape index (κ1) is 18.9. The van der Waals surface area contributed by atoms with Crippen LogP contribution in [0.25, 0.3) is 16.3 Å². The van der Waals surface area contributed by atoms with Gasteiger partial charge in [0, 0.05) is 13.1 Å². The average Bonchev–Trinajstić information content (AvgIpc) is 3.30. The minimum absolute atomic E-state index is 0.00252. The molecule has 2 aromatic heterocycles. The van der Waals surface area contributed by atoms with E-state index in [1.165, 1.54) is 5.56 Å². The number of aryl methyl sites for hydroxylation is 2. The SMILES string of the molecule is Cc1ccc(-n2nc(-c3cccs3)cc2C(=O)N2CC(C)OC(C)C2)c(C)c1. The van der Waals surface area contributed by atoms with Crippen molar-refractivity contribution in [3.8, 4) is 16.3 Å². The second-order valence-electron chi connectivity index (χ2n) is 7.56. The van der Waals surface area contributed by atoms with Crippen molar-refractivity contribution in [3.05, 3.63) is 58.6 Å². The molecule has 0 radical (unpaired) electrons. The van der Waals surface area contributed by atoms with Gasteiger partial charge in [-0.15, -0.1) is 11.3 Å². The number of ether oxygens (including phenoxy) is 1. The van der Waals surface area contributed by atoms with Crippen LogP contribution in [0.15, 0.2) is 41.8 Å². The number of hydrogen-bond acceptors (Lipinski definition) is 4. The summed E-state index contributed by atoms with van der Waals surface area (Å²) < 4.78 is 7.60. The van der Waals surface area contributed by atoms with Gasteiger partial charge in [0.15, 0.2) is 0 Å². The summed E-state index contributed by atoms with van der Waals surface area (Å²) in [6.07, 6.45) is 0.0592.